The molecule has 0 bridgehead atoms. The number of ether oxygens (including phenoxy) is 2. The van der Waals surface area contributed by atoms with E-state index in [0.717, 1.165) is 20.6 Å². The maximum atomic E-state index is 12.6. The molecule has 1 N–H and O–H groups in total. The highest BCUT2D eigenvalue weighted by atomic mass is 32.1. The van der Waals surface area contributed by atoms with Crippen LogP contribution < -0.4 is 14.9 Å². The largest absolute Gasteiger partial charge is 0.497 e. The van der Waals surface area contributed by atoms with E-state index in [4.69, 9.17) is 9.47 Å². The van der Waals surface area contributed by atoms with Gasteiger partial charge in [0.05, 0.1) is 35.5 Å². The van der Waals surface area contributed by atoms with Crippen molar-refractivity contribution in [2.45, 2.75) is 0 Å². The molecule has 0 unspecified atom stereocenters. The number of hydrogen-bond acceptors (Lipinski definition) is 5. The average molecular weight is 338 g/mol. The lowest BCUT2D eigenvalue weighted by atomic mass is 10.2. The second-order valence-corrected chi connectivity index (χ2v) is 6.36. The van der Waals surface area contributed by atoms with E-state index in [1.807, 2.05) is 30.3 Å². The maximum Gasteiger partial charge on any atom is 0.192 e. The minimum atomic E-state index is -0.0984. The third kappa shape index (κ3) is 2.32. The number of nitrogens with one attached hydrogen (secondary N) is 1. The van der Waals surface area contributed by atoms with Crippen molar-refractivity contribution in [2.24, 2.45) is 0 Å². The Balaban J connectivity index is 1.98. The number of benzene rings is 2. The van der Waals surface area contributed by atoms with Gasteiger partial charge in [-0.2, -0.15) is 0 Å². The zero-order valence-corrected chi connectivity index (χ0v) is 13.9. The highest BCUT2D eigenvalue weighted by molar-refractivity contribution is 7.21. The minimum absolute atomic E-state index is 0.0984. The van der Waals surface area contributed by atoms with Crippen molar-refractivity contribution in [1.82, 2.24) is 9.97 Å². The standard InChI is InChI=1S/C18H14N2O3S/c1-22-10-7-14(23-2)17-13(21)9-16(24-15(17)8-10)18-19-11-5-3-4-6-12(11)20-18/h3-9H,1-2H3,(H,19,20). The van der Waals surface area contributed by atoms with Crippen LogP contribution in [-0.2, 0) is 0 Å². The molecule has 0 fully saturated rings. The van der Waals surface area contributed by atoms with Crippen molar-refractivity contribution < 1.29 is 9.47 Å². The predicted octanol–water partition coefficient (Wildman–Crippen LogP) is 3.82. The second-order valence-electron chi connectivity index (χ2n) is 5.28. The number of hydrogen-bond donors (Lipinski definition) is 1. The summed E-state index contributed by atoms with van der Waals surface area (Å²) >= 11 is 1.47. The van der Waals surface area contributed by atoms with E-state index in [1.165, 1.54) is 11.3 Å². The third-order valence-electron chi connectivity index (χ3n) is 3.85. The van der Waals surface area contributed by atoms with Crippen LogP contribution in [0.4, 0.5) is 0 Å². The molecule has 120 valence electrons. The van der Waals surface area contributed by atoms with Crippen LogP contribution >= 0.6 is 11.3 Å². The molecule has 4 aromatic rings. The van der Waals surface area contributed by atoms with E-state index < -0.39 is 0 Å². The van der Waals surface area contributed by atoms with E-state index in [9.17, 15) is 4.79 Å². The molecule has 0 aliphatic carbocycles. The van der Waals surface area contributed by atoms with Crippen LogP contribution in [0.1, 0.15) is 0 Å². The number of fused-ring (bicyclic) bond motifs is 2. The molecule has 0 saturated heterocycles. The molecule has 24 heavy (non-hydrogen) atoms. The topological polar surface area (TPSA) is 64.2 Å². The van der Waals surface area contributed by atoms with Crippen molar-refractivity contribution in [3.8, 4) is 22.2 Å². The average Bonchev–Trinajstić information content (AvgIpc) is 3.04. The van der Waals surface area contributed by atoms with Crippen molar-refractivity contribution in [3.63, 3.8) is 0 Å². The summed E-state index contributed by atoms with van der Waals surface area (Å²) in [4.78, 5) is 21.2. The molecule has 0 amide bonds. The van der Waals surface area contributed by atoms with Gasteiger partial charge < -0.3 is 14.5 Å². The molecule has 0 aliphatic heterocycles. The van der Waals surface area contributed by atoms with Crippen LogP contribution in [0, 0.1) is 0 Å². The van der Waals surface area contributed by atoms with Crippen LogP contribution in [0.3, 0.4) is 0 Å². The third-order valence-corrected chi connectivity index (χ3v) is 4.92. The van der Waals surface area contributed by atoms with Gasteiger partial charge in [-0.15, -0.1) is 11.3 Å². The highest BCUT2D eigenvalue weighted by Crippen LogP contribution is 2.35. The zero-order valence-electron chi connectivity index (χ0n) is 13.1. The first-order valence-electron chi connectivity index (χ1n) is 7.34. The number of H-pyrrole nitrogens is 1. The quantitative estimate of drug-likeness (QED) is 0.617. The maximum absolute atomic E-state index is 12.6. The number of aromatic nitrogens is 2. The highest BCUT2D eigenvalue weighted by Gasteiger charge is 2.14. The molecule has 2 heterocycles. The Morgan fingerprint density at radius 3 is 2.67 bits per heavy atom. The monoisotopic (exact) mass is 338 g/mol. The molecule has 5 nitrogen and oxygen atoms in total. The van der Waals surface area contributed by atoms with Gasteiger partial charge in [0.1, 0.15) is 17.3 Å². The lowest BCUT2D eigenvalue weighted by molar-refractivity contribution is 0.398. The van der Waals surface area contributed by atoms with Crippen LogP contribution in [-0.4, -0.2) is 24.2 Å². The van der Waals surface area contributed by atoms with Crippen molar-refractivity contribution in [1.29, 1.82) is 0 Å². The van der Waals surface area contributed by atoms with E-state index >= 15 is 0 Å². The van der Waals surface area contributed by atoms with Crippen molar-refractivity contribution >= 4 is 32.5 Å². The summed E-state index contributed by atoms with van der Waals surface area (Å²) in [6.45, 7) is 0. The summed E-state index contributed by atoms with van der Waals surface area (Å²) in [5.74, 6) is 1.85. The summed E-state index contributed by atoms with van der Waals surface area (Å²) in [6, 6.07) is 12.9. The summed E-state index contributed by atoms with van der Waals surface area (Å²) in [5.41, 5.74) is 1.71. The molecule has 6 heteroatoms. The first kappa shape index (κ1) is 14.7. The van der Waals surface area contributed by atoms with Gasteiger partial charge in [-0.25, -0.2) is 4.98 Å². The van der Waals surface area contributed by atoms with Crippen LogP contribution in [0.25, 0.3) is 31.8 Å². The van der Waals surface area contributed by atoms with E-state index in [-0.39, 0.29) is 5.43 Å². The minimum Gasteiger partial charge on any atom is -0.497 e. The Labute approximate surface area is 141 Å². The normalized spacial score (nSPS) is 11.1. The lowest BCUT2D eigenvalue weighted by Gasteiger charge is -2.08. The number of rotatable bonds is 3. The zero-order chi connectivity index (χ0) is 16.7. The van der Waals surface area contributed by atoms with Gasteiger partial charge in [-0.1, -0.05) is 12.1 Å². The molecule has 0 saturated carbocycles. The molecular weight excluding hydrogens is 324 g/mol. The van der Waals surface area contributed by atoms with Gasteiger partial charge >= 0.3 is 0 Å². The molecule has 4 rings (SSSR count). The van der Waals surface area contributed by atoms with E-state index in [0.29, 0.717) is 22.7 Å². The molecule has 0 atom stereocenters. The molecule has 2 aromatic heterocycles. The van der Waals surface area contributed by atoms with Crippen LogP contribution in [0.5, 0.6) is 11.5 Å². The second kappa shape index (κ2) is 5.65. The fourth-order valence-electron chi connectivity index (χ4n) is 2.69. The predicted molar refractivity (Wildman–Crippen MR) is 96.3 cm³/mol. The van der Waals surface area contributed by atoms with Crippen LogP contribution in [0.2, 0.25) is 0 Å². The van der Waals surface area contributed by atoms with Gasteiger partial charge in [-0.05, 0) is 18.2 Å². The number of imidazole rings is 1. The first-order chi connectivity index (χ1) is 11.7. The lowest BCUT2D eigenvalue weighted by Crippen LogP contribution is -2.02. The Morgan fingerprint density at radius 1 is 1.08 bits per heavy atom. The Morgan fingerprint density at radius 2 is 1.92 bits per heavy atom. The van der Waals surface area contributed by atoms with E-state index in [2.05, 4.69) is 9.97 Å². The molecule has 0 spiro atoms. The Kier molecular flexibility index (Phi) is 3.46. The number of methoxy groups -OCH3 is 2. The summed E-state index contributed by atoms with van der Waals surface area (Å²) in [7, 11) is 3.14. The van der Waals surface area contributed by atoms with E-state index in [1.54, 1.807) is 26.4 Å². The Hall–Kier alpha value is -2.86. The van der Waals surface area contributed by atoms with Gasteiger partial charge in [0.2, 0.25) is 0 Å². The number of nitrogens with zero attached hydrogens (tertiary/aromatic N) is 1. The number of para-hydroxylation sites is 2. The Bertz CT molecular complexity index is 1080. The summed E-state index contributed by atoms with van der Waals surface area (Å²) in [5, 5.41) is 0.558. The SMILES string of the molecule is COc1cc(OC)c2c(=O)cc(-c3nc4ccccc4[nH]3)sc2c1. The summed E-state index contributed by atoms with van der Waals surface area (Å²) in [6.07, 6.45) is 0. The fourth-order valence-corrected chi connectivity index (χ4v) is 3.77. The fraction of sp³-hybridized carbons (Fsp3) is 0.111. The van der Waals surface area contributed by atoms with Crippen molar-refractivity contribution in [2.75, 3.05) is 14.2 Å². The molecule has 0 radical (unpaired) electrons. The first-order valence-corrected chi connectivity index (χ1v) is 8.16. The smallest absolute Gasteiger partial charge is 0.192 e. The molecule has 2 aromatic carbocycles. The van der Waals surface area contributed by atoms with Gasteiger partial charge in [0, 0.05) is 16.8 Å². The summed E-state index contributed by atoms with van der Waals surface area (Å²) < 4.78 is 11.4. The molecule has 0 aliphatic rings. The van der Waals surface area contributed by atoms with Gasteiger partial charge in [0.25, 0.3) is 0 Å². The van der Waals surface area contributed by atoms with Gasteiger partial charge in [0.15, 0.2) is 5.43 Å². The number of aromatic amines is 1. The van der Waals surface area contributed by atoms with Crippen LogP contribution in [0.15, 0.2) is 47.3 Å². The van der Waals surface area contributed by atoms with Gasteiger partial charge in [-0.3, -0.25) is 4.79 Å². The molecular formula is C18H14N2O3S. The van der Waals surface area contributed by atoms with Crippen molar-refractivity contribution in [3.05, 3.63) is 52.7 Å².